The summed E-state index contributed by atoms with van der Waals surface area (Å²) in [4.78, 5) is 0.365. The molecule has 18 heavy (non-hydrogen) atoms. The van der Waals surface area contributed by atoms with E-state index in [2.05, 4.69) is 10.0 Å². The van der Waals surface area contributed by atoms with Crippen LogP contribution in [0.5, 0.6) is 0 Å². The molecule has 2 aliphatic rings. The lowest BCUT2D eigenvalue weighted by molar-refractivity contribution is 0.248. The maximum Gasteiger partial charge on any atom is 0.241 e. The van der Waals surface area contributed by atoms with E-state index < -0.39 is 10.0 Å². The summed E-state index contributed by atoms with van der Waals surface area (Å²) in [5.74, 6) is 0. The lowest BCUT2D eigenvalue weighted by atomic mass is 9.80. The van der Waals surface area contributed by atoms with Gasteiger partial charge in [0.2, 0.25) is 10.0 Å². The first-order valence-corrected chi connectivity index (χ1v) is 7.88. The fraction of sp³-hybridized carbons (Fsp3) is 0.538. The highest BCUT2D eigenvalue weighted by Gasteiger charge is 2.36. The third kappa shape index (κ3) is 2.01. The SMILES string of the molecule is CC1(NS(=O)(=O)c2ccc3c(c2)NCC3)CCC1. The Balaban J connectivity index is 1.89. The van der Waals surface area contributed by atoms with Crippen LogP contribution in [-0.2, 0) is 16.4 Å². The Morgan fingerprint density at radius 3 is 2.78 bits per heavy atom. The standard InChI is InChI=1S/C13H18N2O2S/c1-13(6-2-7-13)15-18(16,17)11-4-3-10-5-8-14-12(10)9-11/h3-4,9,14-15H,2,5-8H2,1H3. The summed E-state index contributed by atoms with van der Waals surface area (Å²) in [7, 11) is -3.39. The molecule has 1 aliphatic heterocycles. The van der Waals surface area contributed by atoms with Gasteiger partial charge >= 0.3 is 0 Å². The zero-order valence-corrected chi connectivity index (χ0v) is 11.3. The zero-order valence-electron chi connectivity index (χ0n) is 10.5. The molecule has 5 heteroatoms. The van der Waals surface area contributed by atoms with E-state index in [0.717, 1.165) is 37.9 Å². The van der Waals surface area contributed by atoms with Gasteiger partial charge in [-0.3, -0.25) is 0 Å². The molecule has 0 amide bonds. The largest absolute Gasteiger partial charge is 0.384 e. The maximum absolute atomic E-state index is 12.3. The van der Waals surface area contributed by atoms with Crippen molar-refractivity contribution in [3.63, 3.8) is 0 Å². The summed E-state index contributed by atoms with van der Waals surface area (Å²) in [6.07, 6.45) is 3.93. The minimum atomic E-state index is -3.39. The molecule has 0 radical (unpaired) electrons. The summed E-state index contributed by atoms with van der Waals surface area (Å²) >= 11 is 0. The van der Waals surface area contributed by atoms with Crippen LogP contribution in [0.2, 0.25) is 0 Å². The van der Waals surface area contributed by atoms with Crippen LogP contribution in [0.25, 0.3) is 0 Å². The topological polar surface area (TPSA) is 58.2 Å². The van der Waals surface area contributed by atoms with E-state index in [1.165, 1.54) is 5.56 Å². The first kappa shape index (κ1) is 12.0. The van der Waals surface area contributed by atoms with Crippen molar-refractivity contribution in [1.82, 2.24) is 4.72 Å². The molecule has 0 aromatic heterocycles. The van der Waals surface area contributed by atoms with Gasteiger partial charge in [-0.15, -0.1) is 0 Å². The van der Waals surface area contributed by atoms with Crippen molar-refractivity contribution in [3.8, 4) is 0 Å². The molecular weight excluding hydrogens is 248 g/mol. The van der Waals surface area contributed by atoms with Gasteiger partial charge in [0.1, 0.15) is 0 Å². The number of nitrogens with one attached hydrogen (secondary N) is 2. The molecule has 3 rings (SSSR count). The van der Waals surface area contributed by atoms with Gasteiger partial charge in [0.25, 0.3) is 0 Å². The highest BCUT2D eigenvalue weighted by molar-refractivity contribution is 7.89. The predicted octanol–water partition coefficient (Wildman–Crippen LogP) is 1.88. The highest BCUT2D eigenvalue weighted by Crippen LogP contribution is 2.33. The van der Waals surface area contributed by atoms with Gasteiger partial charge < -0.3 is 5.32 Å². The monoisotopic (exact) mass is 266 g/mol. The zero-order chi connectivity index (χ0) is 12.8. The second-order valence-electron chi connectivity index (χ2n) is 5.52. The number of hydrogen-bond donors (Lipinski definition) is 2. The fourth-order valence-corrected chi connectivity index (χ4v) is 4.12. The number of hydrogen-bond acceptors (Lipinski definition) is 3. The second-order valence-corrected chi connectivity index (χ2v) is 7.20. The molecule has 0 unspecified atom stereocenters. The molecule has 0 spiro atoms. The van der Waals surface area contributed by atoms with Crippen LogP contribution in [0.4, 0.5) is 5.69 Å². The van der Waals surface area contributed by atoms with Crippen molar-refractivity contribution in [2.45, 2.75) is 43.0 Å². The van der Waals surface area contributed by atoms with Crippen LogP contribution in [0.3, 0.4) is 0 Å². The van der Waals surface area contributed by atoms with Crippen molar-refractivity contribution in [2.75, 3.05) is 11.9 Å². The third-order valence-corrected chi connectivity index (χ3v) is 5.58. The Labute approximate surface area is 108 Å². The Morgan fingerprint density at radius 1 is 1.33 bits per heavy atom. The van der Waals surface area contributed by atoms with E-state index in [9.17, 15) is 8.42 Å². The molecule has 1 aromatic rings. The summed E-state index contributed by atoms with van der Waals surface area (Å²) in [5, 5.41) is 3.21. The Kier molecular flexibility index (Phi) is 2.64. The van der Waals surface area contributed by atoms with Gasteiger partial charge in [-0.05, 0) is 50.3 Å². The molecule has 1 heterocycles. The number of anilines is 1. The van der Waals surface area contributed by atoms with Gasteiger partial charge in [-0.1, -0.05) is 6.07 Å². The molecule has 1 fully saturated rings. The van der Waals surface area contributed by atoms with Gasteiger partial charge in [-0.25, -0.2) is 13.1 Å². The lowest BCUT2D eigenvalue weighted by Gasteiger charge is -2.38. The van der Waals surface area contributed by atoms with Crippen LogP contribution in [0.1, 0.15) is 31.7 Å². The molecule has 1 aromatic carbocycles. The average molecular weight is 266 g/mol. The third-order valence-electron chi connectivity index (χ3n) is 3.94. The molecule has 1 aliphatic carbocycles. The van der Waals surface area contributed by atoms with Gasteiger partial charge in [-0.2, -0.15) is 0 Å². The second kappa shape index (κ2) is 3.96. The van der Waals surface area contributed by atoms with E-state index in [4.69, 9.17) is 0 Å². The molecule has 1 saturated carbocycles. The smallest absolute Gasteiger partial charge is 0.241 e. The van der Waals surface area contributed by atoms with Crippen LogP contribution < -0.4 is 10.0 Å². The Morgan fingerprint density at radius 2 is 2.11 bits per heavy atom. The van der Waals surface area contributed by atoms with E-state index in [1.807, 2.05) is 13.0 Å². The van der Waals surface area contributed by atoms with Gasteiger partial charge in [0, 0.05) is 17.8 Å². The molecule has 0 saturated heterocycles. The van der Waals surface area contributed by atoms with Crippen LogP contribution in [-0.4, -0.2) is 20.5 Å². The Hall–Kier alpha value is -1.07. The minimum absolute atomic E-state index is 0.245. The molecule has 98 valence electrons. The Bertz CT molecular complexity index is 577. The molecular formula is C13H18N2O2S. The van der Waals surface area contributed by atoms with Crippen molar-refractivity contribution < 1.29 is 8.42 Å². The van der Waals surface area contributed by atoms with E-state index in [-0.39, 0.29) is 5.54 Å². The van der Waals surface area contributed by atoms with Crippen molar-refractivity contribution in [1.29, 1.82) is 0 Å². The van der Waals surface area contributed by atoms with E-state index >= 15 is 0 Å². The number of benzene rings is 1. The number of rotatable bonds is 3. The predicted molar refractivity (Wildman–Crippen MR) is 71.2 cm³/mol. The quantitative estimate of drug-likeness (QED) is 0.878. The molecule has 4 nitrogen and oxygen atoms in total. The van der Waals surface area contributed by atoms with Gasteiger partial charge in [0.05, 0.1) is 4.90 Å². The van der Waals surface area contributed by atoms with E-state index in [1.54, 1.807) is 12.1 Å². The molecule has 0 bridgehead atoms. The van der Waals surface area contributed by atoms with Crippen molar-refractivity contribution in [2.24, 2.45) is 0 Å². The minimum Gasteiger partial charge on any atom is -0.384 e. The number of fused-ring (bicyclic) bond motifs is 1. The fourth-order valence-electron chi connectivity index (χ4n) is 2.63. The summed E-state index contributed by atoms with van der Waals surface area (Å²) in [5.41, 5.74) is 1.91. The molecule has 0 atom stereocenters. The van der Waals surface area contributed by atoms with Crippen molar-refractivity contribution >= 4 is 15.7 Å². The first-order chi connectivity index (χ1) is 8.49. The summed E-state index contributed by atoms with van der Waals surface area (Å²) in [6.45, 7) is 2.86. The lowest BCUT2D eigenvalue weighted by Crippen LogP contribution is -2.50. The highest BCUT2D eigenvalue weighted by atomic mass is 32.2. The normalized spacial score (nSPS) is 20.9. The average Bonchev–Trinajstić information content (AvgIpc) is 2.73. The van der Waals surface area contributed by atoms with Crippen molar-refractivity contribution in [3.05, 3.63) is 23.8 Å². The summed E-state index contributed by atoms with van der Waals surface area (Å²) < 4.78 is 27.4. The van der Waals surface area contributed by atoms with Crippen LogP contribution in [0, 0.1) is 0 Å². The number of sulfonamides is 1. The van der Waals surface area contributed by atoms with Gasteiger partial charge in [0.15, 0.2) is 0 Å². The molecule has 2 N–H and O–H groups in total. The van der Waals surface area contributed by atoms with Crippen LogP contribution >= 0.6 is 0 Å². The summed E-state index contributed by atoms with van der Waals surface area (Å²) in [6, 6.07) is 5.36. The van der Waals surface area contributed by atoms with Crippen LogP contribution in [0.15, 0.2) is 23.1 Å². The first-order valence-electron chi connectivity index (χ1n) is 6.39. The van der Waals surface area contributed by atoms with E-state index in [0.29, 0.717) is 4.90 Å². The maximum atomic E-state index is 12.3.